The molecule has 0 radical (unpaired) electrons. The third-order valence-electron chi connectivity index (χ3n) is 4.98. The molecule has 1 N–H and O–H groups in total. The van der Waals surface area contributed by atoms with Gasteiger partial charge in [0.15, 0.2) is 0 Å². The molecule has 0 aliphatic carbocycles. The van der Waals surface area contributed by atoms with E-state index in [2.05, 4.69) is 5.32 Å². The molecule has 2 heterocycles. The highest BCUT2D eigenvalue weighted by atomic mass is 32.2. The van der Waals surface area contributed by atoms with Crippen molar-refractivity contribution in [2.24, 2.45) is 0 Å². The largest absolute Gasteiger partial charge is 0.457 e. The summed E-state index contributed by atoms with van der Waals surface area (Å²) in [5.41, 5.74) is 0.605. The van der Waals surface area contributed by atoms with Crippen molar-refractivity contribution in [1.82, 2.24) is 9.62 Å². The molecule has 0 atom stereocenters. The second-order valence-corrected chi connectivity index (χ2v) is 9.16. The number of amides is 1. The van der Waals surface area contributed by atoms with E-state index in [0.29, 0.717) is 69.6 Å². The molecular formula is C23H27N3O6S. The molecule has 3 rings (SSSR count). The summed E-state index contributed by atoms with van der Waals surface area (Å²) in [5.74, 6) is 0.353. The average Bonchev–Trinajstić information content (AvgIpc) is 3.31. The number of furan rings is 1. The van der Waals surface area contributed by atoms with Crippen molar-refractivity contribution in [2.75, 3.05) is 46.1 Å². The van der Waals surface area contributed by atoms with Crippen LogP contribution in [0.3, 0.4) is 0 Å². The van der Waals surface area contributed by atoms with Crippen molar-refractivity contribution in [3.05, 3.63) is 47.7 Å². The Kier molecular flexibility index (Phi) is 8.79. The molecule has 9 nitrogen and oxygen atoms in total. The summed E-state index contributed by atoms with van der Waals surface area (Å²) < 4.78 is 43.1. The first-order chi connectivity index (χ1) is 16.0. The van der Waals surface area contributed by atoms with Crippen LogP contribution in [0.2, 0.25) is 0 Å². The summed E-state index contributed by atoms with van der Waals surface area (Å²) >= 11 is 0. The van der Waals surface area contributed by atoms with Crippen LogP contribution in [0.15, 0.2) is 51.3 Å². The van der Waals surface area contributed by atoms with E-state index in [9.17, 15) is 18.5 Å². The number of ether oxygens (including phenoxy) is 2. The molecule has 1 aromatic heterocycles. The van der Waals surface area contributed by atoms with Gasteiger partial charge in [-0.2, -0.15) is 9.57 Å². The highest BCUT2D eigenvalue weighted by Gasteiger charge is 2.26. The van der Waals surface area contributed by atoms with Gasteiger partial charge < -0.3 is 19.2 Å². The molecule has 1 amide bonds. The number of sulfonamides is 1. The van der Waals surface area contributed by atoms with Crippen LogP contribution in [-0.2, 0) is 24.3 Å². The van der Waals surface area contributed by atoms with Gasteiger partial charge in [-0.05, 0) is 49.7 Å². The zero-order chi connectivity index (χ0) is 23.7. The zero-order valence-corrected chi connectivity index (χ0v) is 19.3. The van der Waals surface area contributed by atoms with E-state index in [0.717, 1.165) is 0 Å². The lowest BCUT2D eigenvalue weighted by molar-refractivity contribution is -0.117. The van der Waals surface area contributed by atoms with E-state index >= 15 is 0 Å². The van der Waals surface area contributed by atoms with E-state index < -0.39 is 15.9 Å². The fraction of sp³-hybridized carbons (Fsp3) is 0.391. The van der Waals surface area contributed by atoms with Gasteiger partial charge >= 0.3 is 0 Å². The summed E-state index contributed by atoms with van der Waals surface area (Å²) in [4.78, 5) is 12.4. The predicted molar refractivity (Wildman–Crippen MR) is 121 cm³/mol. The number of hydrogen-bond acceptors (Lipinski definition) is 7. The number of carbonyl (C=O) groups excluding carboxylic acids is 1. The smallest absolute Gasteiger partial charge is 0.262 e. The molecule has 1 saturated heterocycles. The van der Waals surface area contributed by atoms with Gasteiger partial charge in [-0.1, -0.05) is 0 Å². The summed E-state index contributed by atoms with van der Waals surface area (Å²) in [6.07, 6.45) is 2.03. The Morgan fingerprint density at radius 3 is 2.61 bits per heavy atom. The predicted octanol–water partition coefficient (Wildman–Crippen LogP) is 2.42. The molecule has 1 aliphatic heterocycles. The lowest BCUT2D eigenvalue weighted by atomic mass is 10.2. The van der Waals surface area contributed by atoms with Crippen LogP contribution in [0.1, 0.15) is 19.1 Å². The quantitative estimate of drug-likeness (QED) is 0.319. The standard InChI is InChI=1S/C23H27N3O6S/c1-2-30-13-3-10-25-23(27)19(17-24)16-20-6-9-22(32-20)18-4-7-21(8-5-18)33(28,29)26-11-14-31-15-12-26/h4-9,16H,2-3,10-15H2,1H3,(H,25,27)/b19-16+. The molecule has 0 saturated carbocycles. The molecule has 0 bridgehead atoms. The average molecular weight is 474 g/mol. The van der Waals surface area contributed by atoms with Gasteiger partial charge in [0.05, 0.1) is 18.1 Å². The second-order valence-electron chi connectivity index (χ2n) is 7.22. The van der Waals surface area contributed by atoms with Crippen molar-refractivity contribution in [2.45, 2.75) is 18.2 Å². The monoisotopic (exact) mass is 473 g/mol. The lowest BCUT2D eigenvalue weighted by Crippen LogP contribution is -2.40. The maximum Gasteiger partial charge on any atom is 0.262 e. The summed E-state index contributed by atoms with van der Waals surface area (Å²) in [6.45, 7) is 4.89. The van der Waals surface area contributed by atoms with Gasteiger partial charge in [-0.25, -0.2) is 8.42 Å². The Morgan fingerprint density at radius 2 is 1.94 bits per heavy atom. The van der Waals surface area contributed by atoms with E-state index in [1.807, 2.05) is 13.0 Å². The van der Waals surface area contributed by atoms with E-state index in [4.69, 9.17) is 13.9 Å². The van der Waals surface area contributed by atoms with Crippen molar-refractivity contribution in [1.29, 1.82) is 5.26 Å². The van der Waals surface area contributed by atoms with Gasteiger partial charge in [-0.15, -0.1) is 0 Å². The zero-order valence-electron chi connectivity index (χ0n) is 18.5. The molecule has 176 valence electrons. The molecule has 1 aliphatic rings. The van der Waals surface area contributed by atoms with Crippen molar-refractivity contribution in [3.63, 3.8) is 0 Å². The van der Waals surface area contributed by atoms with Gasteiger partial charge in [-0.3, -0.25) is 4.79 Å². The van der Waals surface area contributed by atoms with Gasteiger partial charge in [0.2, 0.25) is 10.0 Å². The molecular weight excluding hydrogens is 446 g/mol. The van der Waals surface area contributed by atoms with E-state index in [1.165, 1.54) is 22.5 Å². The van der Waals surface area contributed by atoms with Crippen molar-refractivity contribution < 1.29 is 27.1 Å². The molecule has 2 aromatic rings. The first-order valence-corrected chi connectivity index (χ1v) is 12.2. The lowest BCUT2D eigenvalue weighted by Gasteiger charge is -2.26. The summed E-state index contributed by atoms with van der Waals surface area (Å²) in [5, 5.41) is 12.0. The molecule has 10 heteroatoms. The first kappa shape index (κ1) is 24.7. The van der Waals surface area contributed by atoms with E-state index in [1.54, 1.807) is 24.3 Å². The number of nitrogens with zero attached hydrogens (tertiary/aromatic N) is 2. The van der Waals surface area contributed by atoms with Crippen LogP contribution >= 0.6 is 0 Å². The first-order valence-electron chi connectivity index (χ1n) is 10.7. The van der Waals surface area contributed by atoms with Gasteiger partial charge in [0.1, 0.15) is 23.2 Å². The number of hydrogen-bond donors (Lipinski definition) is 1. The maximum atomic E-state index is 12.7. The van der Waals surface area contributed by atoms with Crippen LogP contribution in [0, 0.1) is 11.3 Å². The molecule has 0 unspecified atom stereocenters. The molecule has 33 heavy (non-hydrogen) atoms. The minimum Gasteiger partial charge on any atom is -0.457 e. The fourth-order valence-electron chi connectivity index (χ4n) is 3.22. The van der Waals surface area contributed by atoms with Gasteiger partial charge in [0, 0.05) is 44.5 Å². The third-order valence-corrected chi connectivity index (χ3v) is 6.89. The number of morpholine rings is 1. The van der Waals surface area contributed by atoms with Crippen molar-refractivity contribution >= 4 is 22.0 Å². The highest BCUT2D eigenvalue weighted by molar-refractivity contribution is 7.89. The van der Waals surface area contributed by atoms with Gasteiger partial charge in [0.25, 0.3) is 5.91 Å². The minimum atomic E-state index is -3.57. The highest BCUT2D eigenvalue weighted by Crippen LogP contribution is 2.26. The van der Waals surface area contributed by atoms with Crippen LogP contribution in [0.25, 0.3) is 17.4 Å². The van der Waals surface area contributed by atoms with Crippen LogP contribution in [0.5, 0.6) is 0 Å². The Bertz CT molecular complexity index is 1110. The maximum absolute atomic E-state index is 12.7. The Balaban J connectivity index is 1.66. The molecule has 1 aromatic carbocycles. The van der Waals surface area contributed by atoms with Crippen LogP contribution in [0.4, 0.5) is 0 Å². The Morgan fingerprint density at radius 1 is 1.21 bits per heavy atom. The minimum absolute atomic E-state index is 0.0701. The number of carbonyl (C=O) groups is 1. The Labute approximate surface area is 193 Å². The second kappa shape index (κ2) is 11.8. The van der Waals surface area contributed by atoms with Crippen LogP contribution in [-0.4, -0.2) is 64.7 Å². The normalized spacial score (nSPS) is 15.2. The number of benzene rings is 1. The third kappa shape index (κ3) is 6.52. The van der Waals surface area contributed by atoms with Crippen molar-refractivity contribution in [3.8, 4) is 17.4 Å². The summed E-state index contributed by atoms with van der Waals surface area (Å²) in [6, 6.07) is 11.6. The Hall–Kier alpha value is -2.97. The SMILES string of the molecule is CCOCCCNC(=O)/C(C#N)=C/c1ccc(-c2ccc(S(=O)(=O)N3CCOCC3)cc2)o1. The molecule has 1 fully saturated rings. The number of nitriles is 1. The summed E-state index contributed by atoms with van der Waals surface area (Å²) in [7, 11) is -3.57. The fourth-order valence-corrected chi connectivity index (χ4v) is 4.63. The number of nitrogens with one attached hydrogen (secondary N) is 1. The molecule has 0 spiro atoms. The van der Waals surface area contributed by atoms with Crippen LogP contribution < -0.4 is 5.32 Å². The topological polar surface area (TPSA) is 122 Å². The number of rotatable bonds is 10. The van der Waals surface area contributed by atoms with E-state index in [-0.39, 0.29) is 10.5 Å².